The van der Waals surface area contributed by atoms with E-state index in [0.29, 0.717) is 17.6 Å². The standard InChI is InChI=1S/C13H20N6OS/c1-4-9(2)11-6-21-13(17-11)18-12(20)16-10(3)5-19-8-14-7-15-19/h6-10H,4-5H2,1-3H3,(H2,16,17,18,20)/t9-,10+/m1/s1. The molecule has 21 heavy (non-hydrogen) atoms. The predicted octanol–water partition coefficient (Wildman–Crippen LogP) is 2.46. The van der Waals surface area contributed by atoms with Crippen LogP contribution in [0.15, 0.2) is 18.0 Å². The molecule has 0 saturated heterocycles. The van der Waals surface area contributed by atoms with Crippen molar-refractivity contribution in [2.45, 2.75) is 45.7 Å². The van der Waals surface area contributed by atoms with Gasteiger partial charge in [0.05, 0.1) is 12.2 Å². The van der Waals surface area contributed by atoms with Crippen molar-refractivity contribution in [2.75, 3.05) is 5.32 Å². The SMILES string of the molecule is CC[C@@H](C)c1csc(NC(=O)N[C@@H](C)Cn2cncn2)n1. The maximum Gasteiger partial charge on any atom is 0.321 e. The van der Waals surface area contributed by atoms with Crippen LogP contribution in [0.25, 0.3) is 0 Å². The molecule has 2 rings (SSSR count). The highest BCUT2D eigenvalue weighted by Gasteiger charge is 2.12. The summed E-state index contributed by atoms with van der Waals surface area (Å²) in [7, 11) is 0. The number of hydrogen-bond donors (Lipinski definition) is 2. The lowest BCUT2D eigenvalue weighted by Gasteiger charge is -2.13. The smallest absolute Gasteiger partial charge is 0.321 e. The first-order valence-electron chi connectivity index (χ1n) is 6.93. The fraction of sp³-hybridized carbons (Fsp3) is 0.538. The summed E-state index contributed by atoms with van der Waals surface area (Å²) in [5.74, 6) is 0.408. The van der Waals surface area contributed by atoms with E-state index in [4.69, 9.17) is 0 Å². The number of nitrogens with zero attached hydrogens (tertiary/aromatic N) is 4. The van der Waals surface area contributed by atoms with Crippen molar-refractivity contribution in [2.24, 2.45) is 0 Å². The van der Waals surface area contributed by atoms with Crippen LogP contribution < -0.4 is 10.6 Å². The quantitative estimate of drug-likeness (QED) is 0.858. The van der Waals surface area contributed by atoms with E-state index in [1.807, 2.05) is 12.3 Å². The fourth-order valence-electron chi connectivity index (χ4n) is 1.79. The Hall–Kier alpha value is -1.96. The number of rotatable bonds is 6. The molecule has 0 aliphatic heterocycles. The number of carbonyl (C=O) groups is 1. The average Bonchev–Trinajstić information content (AvgIpc) is 3.09. The van der Waals surface area contributed by atoms with Crippen molar-refractivity contribution in [1.29, 1.82) is 0 Å². The van der Waals surface area contributed by atoms with Gasteiger partial charge in [-0.1, -0.05) is 13.8 Å². The zero-order chi connectivity index (χ0) is 15.2. The van der Waals surface area contributed by atoms with Gasteiger partial charge in [-0.15, -0.1) is 11.3 Å². The Morgan fingerprint density at radius 1 is 1.48 bits per heavy atom. The second-order valence-electron chi connectivity index (χ2n) is 5.00. The largest absolute Gasteiger partial charge is 0.333 e. The third-order valence-corrected chi connectivity index (χ3v) is 3.94. The van der Waals surface area contributed by atoms with Crippen LogP contribution in [0.1, 0.15) is 38.8 Å². The molecular formula is C13H20N6OS. The maximum absolute atomic E-state index is 11.9. The van der Waals surface area contributed by atoms with E-state index in [1.54, 1.807) is 11.0 Å². The minimum absolute atomic E-state index is 0.0549. The molecule has 0 fully saturated rings. The summed E-state index contributed by atoms with van der Waals surface area (Å²) in [6.45, 7) is 6.73. The summed E-state index contributed by atoms with van der Waals surface area (Å²) in [4.78, 5) is 20.2. The van der Waals surface area contributed by atoms with Gasteiger partial charge >= 0.3 is 6.03 Å². The van der Waals surface area contributed by atoms with Crippen LogP contribution in [0.3, 0.4) is 0 Å². The molecule has 114 valence electrons. The molecule has 2 aromatic rings. The van der Waals surface area contributed by atoms with Gasteiger partial charge in [0.25, 0.3) is 0 Å². The number of anilines is 1. The number of thiazole rings is 1. The topological polar surface area (TPSA) is 84.7 Å². The highest BCUT2D eigenvalue weighted by molar-refractivity contribution is 7.13. The number of carbonyl (C=O) groups excluding carboxylic acids is 1. The molecule has 2 N–H and O–H groups in total. The molecule has 0 aliphatic rings. The molecule has 0 bridgehead atoms. The zero-order valence-electron chi connectivity index (χ0n) is 12.4. The molecular weight excluding hydrogens is 288 g/mol. The molecule has 8 heteroatoms. The van der Waals surface area contributed by atoms with E-state index >= 15 is 0 Å². The maximum atomic E-state index is 11.9. The van der Waals surface area contributed by atoms with Gasteiger partial charge < -0.3 is 5.32 Å². The molecule has 0 spiro atoms. The van der Waals surface area contributed by atoms with Gasteiger partial charge in [-0.3, -0.25) is 10.00 Å². The van der Waals surface area contributed by atoms with Crippen molar-refractivity contribution in [3.8, 4) is 0 Å². The second kappa shape index (κ2) is 7.16. The van der Waals surface area contributed by atoms with Gasteiger partial charge in [-0.05, 0) is 19.3 Å². The second-order valence-corrected chi connectivity index (χ2v) is 5.86. The summed E-state index contributed by atoms with van der Waals surface area (Å²) >= 11 is 1.44. The van der Waals surface area contributed by atoms with Gasteiger partial charge in [0.1, 0.15) is 12.7 Å². The Morgan fingerprint density at radius 2 is 2.29 bits per heavy atom. The van der Waals surface area contributed by atoms with E-state index < -0.39 is 0 Å². The number of hydrogen-bond acceptors (Lipinski definition) is 5. The molecule has 0 unspecified atom stereocenters. The zero-order valence-corrected chi connectivity index (χ0v) is 13.2. The molecule has 7 nitrogen and oxygen atoms in total. The Bertz CT molecular complexity index is 567. The van der Waals surface area contributed by atoms with Gasteiger partial charge in [-0.2, -0.15) is 5.10 Å². The van der Waals surface area contributed by atoms with E-state index in [1.165, 1.54) is 17.7 Å². The summed E-state index contributed by atoms with van der Waals surface area (Å²) in [6, 6.07) is -0.312. The van der Waals surface area contributed by atoms with E-state index in [-0.39, 0.29) is 12.1 Å². The molecule has 0 aromatic carbocycles. The Morgan fingerprint density at radius 3 is 2.95 bits per heavy atom. The molecule has 2 amide bonds. The van der Waals surface area contributed by atoms with Crippen molar-refractivity contribution < 1.29 is 4.79 Å². The lowest BCUT2D eigenvalue weighted by Crippen LogP contribution is -2.38. The number of amides is 2. The van der Waals surface area contributed by atoms with Gasteiger partial charge in [-0.25, -0.2) is 14.8 Å². The molecule has 2 atom stereocenters. The molecule has 2 heterocycles. The highest BCUT2D eigenvalue weighted by atomic mass is 32.1. The Kier molecular flexibility index (Phi) is 5.26. The van der Waals surface area contributed by atoms with Crippen molar-refractivity contribution in [1.82, 2.24) is 25.1 Å². The van der Waals surface area contributed by atoms with E-state index in [9.17, 15) is 4.79 Å². The third kappa shape index (κ3) is 4.52. The van der Waals surface area contributed by atoms with Crippen LogP contribution in [0.4, 0.5) is 9.93 Å². The van der Waals surface area contributed by atoms with Crippen LogP contribution in [-0.4, -0.2) is 31.8 Å². The van der Waals surface area contributed by atoms with Gasteiger partial charge in [0.2, 0.25) is 0 Å². The number of nitrogens with one attached hydrogen (secondary N) is 2. The first kappa shape index (κ1) is 15.4. The first-order chi connectivity index (χ1) is 10.1. The Balaban J connectivity index is 1.82. The fourth-order valence-corrected chi connectivity index (χ4v) is 2.62. The van der Waals surface area contributed by atoms with Crippen LogP contribution in [0, 0.1) is 0 Å². The summed E-state index contributed by atoms with van der Waals surface area (Å²) in [5.41, 5.74) is 1.02. The average molecular weight is 308 g/mol. The van der Waals surface area contributed by atoms with Gasteiger partial charge in [0, 0.05) is 11.4 Å². The minimum Gasteiger partial charge on any atom is -0.333 e. The lowest BCUT2D eigenvalue weighted by molar-refractivity contribution is 0.247. The number of urea groups is 1. The molecule has 2 aromatic heterocycles. The number of aromatic nitrogens is 4. The van der Waals surface area contributed by atoms with Crippen LogP contribution >= 0.6 is 11.3 Å². The Labute approximate surface area is 127 Å². The normalized spacial score (nSPS) is 13.7. The van der Waals surface area contributed by atoms with E-state index in [0.717, 1.165) is 12.1 Å². The predicted molar refractivity (Wildman–Crippen MR) is 82.5 cm³/mol. The summed E-state index contributed by atoms with van der Waals surface area (Å²) in [5, 5.41) is 12.2. The van der Waals surface area contributed by atoms with Crippen molar-refractivity contribution in [3.05, 3.63) is 23.7 Å². The molecule has 0 radical (unpaired) electrons. The molecule has 0 saturated carbocycles. The van der Waals surface area contributed by atoms with Gasteiger partial charge in [0.15, 0.2) is 5.13 Å². The first-order valence-corrected chi connectivity index (χ1v) is 7.81. The van der Waals surface area contributed by atoms with Crippen LogP contribution in [0.2, 0.25) is 0 Å². The van der Waals surface area contributed by atoms with Crippen molar-refractivity contribution >= 4 is 22.5 Å². The third-order valence-electron chi connectivity index (χ3n) is 3.16. The van der Waals surface area contributed by atoms with Crippen molar-refractivity contribution in [3.63, 3.8) is 0 Å². The summed E-state index contributed by atoms with van der Waals surface area (Å²) in [6.07, 6.45) is 4.12. The lowest BCUT2D eigenvalue weighted by atomic mass is 10.1. The van der Waals surface area contributed by atoms with Crippen LogP contribution in [0.5, 0.6) is 0 Å². The molecule has 0 aliphatic carbocycles. The highest BCUT2D eigenvalue weighted by Crippen LogP contribution is 2.23. The minimum atomic E-state index is -0.257. The van der Waals surface area contributed by atoms with E-state index in [2.05, 4.69) is 39.5 Å². The van der Waals surface area contributed by atoms with Crippen LogP contribution in [-0.2, 0) is 6.54 Å². The summed E-state index contributed by atoms with van der Waals surface area (Å²) < 4.78 is 1.68. The monoisotopic (exact) mass is 308 g/mol.